The SMILES string of the molecule is COc1ccccc1C1CC(=O)N(Cc2cccc3ncccc23)c2ccccc2S1. The standard InChI is InChI=1S/C26H22N2O2S/c1-30-23-13-4-2-9-20(23)25-16-26(29)28(22-12-3-5-14-24(22)31-25)17-18-8-6-11-21-19(18)10-7-15-27-21/h2-15,25H,16-17H2,1H3. The second kappa shape index (κ2) is 8.44. The Hall–Kier alpha value is -3.31. The lowest BCUT2D eigenvalue weighted by atomic mass is 10.1. The molecule has 5 heteroatoms. The molecule has 0 saturated heterocycles. The molecule has 1 aromatic heterocycles. The third kappa shape index (κ3) is 3.77. The van der Waals surface area contributed by atoms with Crippen molar-refractivity contribution in [1.29, 1.82) is 0 Å². The Kier molecular flexibility index (Phi) is 5.35. The Bertz CT molecular complexity index is 1250. The summed E-state index contributed by atoms with van der Waals surface area (Å²) in [5, 5.41) is 1.07. The number of carbonyl (C=O) groups excluding carboxylic acids is 1. The van der Waals surface area contributed by atoms with Gasteiger partial charge in [-0.25, -0.2) is 0 Å². The third-order valence-corrected chi connectivity index (χ3v) is 6.94. The fourth-order valence-corrected chi connectivity index (χ4v) is 5.44. The lowest BCUT2D eigenvalue weighted by Crippen LogP contribution is -2.30. The van der Waals surface area contributed by atoms with Crippen LogP contribution in [0.15, 0.2) is 90.0 Å². The number of para-hydroxylation sites is 2. The van der Waals surface area contributed by atoms with E-state index < -0.39 is 0 Å². The molecule has 0 aliphatic carbocycles. The molecule has 31 heavy (non-hydrogen) atoms. The summed E-state index contributed by atoms with van der Waals surface area (Å²) in [6.07, 6.45) is 2.20. The number of anilines is 1. The summed E-state index contributed by atoms with van der Waals surface area (Å²) in [7, 11) is 1.68. The molecule has 1 aliphatic heterocycles. The van der Waals surface area contributed by atoms with Crippen LogP contribution in [0.3, 0.4) is 0 Å². The maximum Gasteiger partial charge on any atom is 0.228 e. The predicted octanol–water partition coefficient (Wildman–Crippen LogP) is 6.01. The first kappa shape index (κ1) is 19.6. The van der Waals surface area contributed by atoms with Gasteiger partial charge in [0, 0.05) is 33.7 Å². The molecule has 1 amide bonds. The van der Waals surface area contributed by atoms with E-state index in [4.69, 9.17) is 4.74 Å². The zero-order chi connectivity index (χ0) is 21.2. The second-order valence-electron chi connectivity index (χ2n) is 7.49. The maximum absolute atomic E-state index is 13.6. The number of nitrogens with zero attached hydrogens (tertiary/aromatic N) is 2. The fourth-order valence-electron chi connectivity index (χ4n) is 4.13. The lowest BCUT2D eigenvalue weighted by molar-refractivity contribution is -0.118. The monoisotopic (exact) mass is 426 g/mol. The van der Waals surface area contributed by atoms with Crippen LogP contribution < -0.4 is 9.64 Å². The smallest absolute Gasteiger partial charge is 0.228 e. The summed E-state index contributed by atoms with van der Waals surface area (Å²) < 4.78 is 5.59. The number of aromatic nitrogens is 1. The van der Waals surface area contributed by atoms with Gasteiger partial charge in [0.2, 0.25) is 5.91 Å². The summed E-state index contributed by atoms with van der Waals surface area (Å²) in [4.78, 5) is 21.0. The fraction of sp³-hybridized carbons (Fsp3) is 0.154. The minimum atomic E-state index is -0.0102. The van der Waals surface area contributed by atoms with Gasteiger partial charge in [-0.15, -0.1) is 11.8 Å². The molecular formula is C26H22N2O2S. The topological polar surface area (TPSA) is 42.4 Å². The molecular weight excluding hydrogens is 404 g/mol. The van der Waals surface area contributed by atoms with E-state index in [1.807, 2.05) is 59.5 Å². The van der Waals surface area contributed by atoms with Crippen molar-refractivity contribution in [2.24, 2.45) is 0 Å². The summed E-state index contributed by atoms with van der Waals surface area (Å²) in [5.74, 6) is 0.924. The number of pyridine rings is 1. The molecule has 0 spiro atoms. The van der Waals surface area contributed by atoms with E-state index in [2.05, 4.69) is 29.2 Å². The minimum absolute atomic E-state index is 0.0102. The summed E-state index contributed by atoms with van der Waals surface area (Å²) in [5.41, 5.74) is 4.04. The highest BCUT2D eigenvalue weighted by molar-refractivity contribution is 7.99. The molecule has 0 saturated carbocycles. The molecule has 1 atom stereocenters. The highest BCUT2D eigenvalue weighted by Gasteiger charge is 2.30. The van der Waals surface area contributed by atoms with Crippen molar-refractivity contribution in [1.82, 2.24) is 4.98 Å². The van der Waals surface area contributed by atoms with E-state index in [0.717, 1.165) is 38.4 Å². The highest BCUT2D eigenvalue weighted by atomic mass is 32.2. The number of benzene rings is 3. The molecule has 1 aliphatic rings. The van der Waals surface area contributed by atoms with Crippen molar-refractivity contribution in [2.75, 3.05) is 12.0 Å². The molecule has 154 valence electrons. The molecule has 4 nitrogen and oxygen atoms in total. The van der Waals surface area contributed by atoms with Crippen molar-refractivity contribution in [2.45, 2.75) is 23.1 Å². The number of hydrogen-bond acceptors (Lipinski definition) is 4. The summed E-state index contributed by atoms with van der Waals surface area (Å²) >= 11 is 1.73. The zero-order valence-corrected chi connectivity index (χ0v) is 18.0. The van der Waals surface area contributed by atoms with Crippen LogP contribution in [0.25, 0.3) is 10.9 Å². The van der Waals surface area contributed by atoms with Crippen LogP contribution in [0.5, 0.6) is 5.75 Å². The summed E-state index contributed by atoms with van der Waals surface area (Å²) in [6, 6.07) is 26.2. The molecule has 0 N–H and O–H groups in total. The van der Waals surface area contributed by atoms with Crippen LogP contribution in [0.4, 0.5) is 5.69 Å². The molecule has 4 aromatic rings. The molecule has 1 unspecified atom stereocenters. The van der Waals surface area contributed by atoms with Crippen LogP contribution in [0.1, 0.15) is 22.8 Å². The number of thioether (sulfide) groups is 1. The van der Waals surface area contributed by atoms with Gasteiger partial charge in [0.25, 0.3) is 0 Å². The number of fused-ring (bicyclic) bond motifs is 2. The normalized spacial score (nSPS) is 16.1. The first-order valence-electron chi connectivity index (χ1n) is 10.3. The molecule has 0 fully saturated rings. The van der Waals surface area contributed by atoms with Crippen LogP contribution >= 0.6 is 11.8 Å². The molecule has 5 rings (SSSR count). The number of carbonyl (C=O) groups is 1. The van der Waals surface area contributed by atoms with Gasteiger partial charge in [0.15, 0.2) is 0 Å². The number of ether oxygens (including phenoxy) is 1. The van der Waals surface area contributed by atoms with Crippen LogP contribution in [0, 0.1) is 0 Å². The Morgan fingerprint density at radius 1 is 1.00 bits per heavy atom. The second-order valence-corrected chi connectivity index (χ2v) is 8.73. The van der Waals surface area contributed by atoms with E-state index in [9.17, 15) is 4.79 Å². The number of amides is 1. The Labute approximate surface area is 185 Å². The number of hydrogen-bond donors (Lipinski definition) is 0. The van der Waals surface area contributed by atoms with E-state index >= 15 is 0 Å². The molecule has 0 bridgehead atoms. The van der Waals surface area contributed by atoms with Gasteiger partial charge < -0.3 is 9.64 Å². The van der Waals surface area contributed by atoms with E-state index in [1.54, 1.807) is 25.1 Å². The Balaban J connectivity index is 1.56. The first-order valence-corrected chi connectivity index (χ1v) is 11.1. The van der Waals surface area contributed by atoms with E-state index in [1.165, 1.54) is 0 Å². The van der Waals surface area contributed by atoms with Crippen LogP contribution in [0.2, 0.25) is 0 Å². The van der Waals surface area contributed by atoms with Gasteiger partial charge in [0.05, 0.1) is 24.9 Å². The maximum atomic E-state index is 13.6. The Morgan fingerprint density at radius 2 is 1.84 bits per heavy atom. The molecule has 3 aromatic carbocycles. The van der Waals surface area contributed by atoms with Crippen molar-refractivity contribution >= 4 is 34.3 Å². The van der Waals surface area contributed by atoms with Crippen LogP contribution in [-0.4, -0.2) is 18.0 Å². The van der Waals surface area contributed by atoms with Crippen molar-refractivity contribution in [3.05, 3.63) is 96.2 Å². The predicted molar refractivity (Wildman–Crippen MR) is 126 cm³/mol. The van der Waals surface area contributed by atoms with Crippen molar-refractivity contribution in [3.63, 3.8) is 0 Å². The average Bonchev–Trinajstić information content (AvgIpc) is 2.95. The first-order chi connectivity index (χ1) is 15.2. The molecule has 0 radical (unpaired) electrons. The van der Waals surface area contributed by atoms with Gasteiger partial charge >= 0.3 is 0 Å². The highest BCUT2D eigenvalue weighted by Crippen LogP contribution is 2.48. The van der Waals surface area contributed by atoms with E-state index in [-0.39, 0.29) is 11.2 Å². The average molecular weight is 427 g/mol. The van der Waals surface area contributed by atoms with Gasteiger partial charge in [-0.1, -0.05) is 48.5 Å². The van der Waals surface area contributed by atoms with Gasteiger partial charge in [-0.2, -0.15) is 0 Å². The largest absolute Gasteiger partial charge is 0.496 e. The zero-order valence-electron chi connectivity index (χ0n) is 17.2. The van der Waals surface area contributed by atoms with Gasteiger partial charge in [0.1, 0.15) is 5.75 Å². The van der Waals surface area contributed by atoms with Crippen LogP contribution in [-0.2, 0) is 11.3 Å². The lowest BCUT2D eigenvalue weighted by Gasteiger charge is -2.23. The number of rotatable bonds is 4. The quantitative estimate of drug-likeness (QED) is 0.401. The van der Waals surface area contributed by atoms with Crippen molar-refractivity contribution < 1.29 is 9.53 Å². The van der Waals surface area contributed by atoms with Gasteiger partial charge in [-0.05, 0) is 35.9 Å². The minimum Gasteiger partial charge on any atom is -0.496 e. The molecule has 2 heterocycles. The summed E-state index contributed by atoms with van der Waals surface area (Å²) in [6.45, 7) is 0.512. The van der Waals surface area contributed by atoms with E-state index in [0.29, 0.717) is 13.0 Å². The third-order valence-electron chi connectivity index (χ3n) is 5.64. The van der Waals surface area contributed by atoms with Crippen molar-refractivity contribution in [3.8, 4) is 5.75 Å². The number of methoxy groups -OCH3 is 1. The Morgan fingerprint density at radius 3 is 2.74 bits per heavy atom. The van der Waals surface area contributed by atoms with Gasteiger partial charge in [-0.3, -0.25) is 9.78 Å².